The van der Waals surface area contributed by atoms with Gasteiger partial charge in [-0.2, -0.15) is 5.10 Å². The fraction of sp³-hybridized carbons (Fsp3) is 0.154. The average molecular weight is 505 g/mol. The van der Waals surface area contributed by atoms with Gasteiger partial charge in [0.05, 0.1) is 34.8 Å². The summed E-state index contributed by atoms with van der Waals surface area (Å²) in [6, 6.07) is 19.6. The van der Waals surface area contributed by atoms with E-state index in [1.165, 1.54) is 6.07 Å². The van der Waals surface area contributed by atoms with E-state index >= 15 is 0 Å². The summed E-state index contributed by atoms with van der Waals surface area (Å²) in [5.74, 6) is -3.05. The lowest BCUT2D eigenvalue weighted by Gasteiger charge is -2.33. The van der Waals surface area contributed by atoms with Crippen molar-refractivity contribution in [2.24, 2.45) is 16.9 Å². The van der Waals surface area contributed by atoms with Crippen LogP contribution in [0.25, 0.3) is 0 Å². The summed E-state index contributed by atoms with van der Waals surface area (Å²) in [6.07, 6.45) is 1.67. The Hall–Kier alpha value is -3.68. The van der Waals surface area contributed by atoms with E-state index in [9.17, 15) is 14.4 Å². The minimum absolute atomic E-state index is 0.184. The molecule has 6 rings (SSSR count). The third kappa shape index (κ3) is 3.34. The lowest BCUT2D eigenvalue weighted by atomic mass is 9.85. The molecule has 2 fully saturated rings. The number of amides is 3. The van der Waals surface area contributed by atoms with Crippen molar-refractivity contribution >= 4 is 58.5 Å². The molecule has 2 saturated heterocycles. The first kappa shape index (κ1) is 21.8. The van der Waals surface area contributed by atoms with Gasteiger partial charge in [0.25, 0.3) is 0 Å². The summed E-state index contributed by atoms with van der Waals surface area (Å²) in [5.41, 5.74) is 2.53. The molecule has 35 heavy (non-hydrogen) atoms. The minimum Gasteiger partial charge on any atom is -0.324 e. The van der Waals surface area contributed by atoms with Gasteiger partial charge in [-0.15, -0.1) is 0 Å². The second kappa shape index (κ2) is 8.22. The van der Waals surface area contributed by atoms with Crippen molar-refractivity contribution in [2.75, 3.05) is 10.2 Å². The molecule has 3 aliphatic heterocycles. The second-order valence-corrected chi connectivity index (χ2v) is 9.50. The zero-order valence-corrected chi connectivity index (χ0v) is 19.6. The van der Waals surface area contributed by atoms with Gasteiger partial charge < -0.3 is 5.32 Å². The highest BCUT2D eigenvalue weighted by atomic mass is 35.5. The number of halogens is 2. The fourth-order valence-corrected chi connectivity index (χ4v) is 5.80. The number of fused-ring (bicyclic) bond motifs is 5. The number of rotatable bonds is 3. The molecule has 0 bridgehead atoms. The number of nitrogens with zero attached hydrogens (tertiary/aromatic N) is 3. The van der Waals surface area contributed by atoms with Gasteiger partial charge in [0.2, 0.25) is 17.7 Å². The van der Waals surface area contributed by atoms with E-state index < -0.39 is 41.6 Å². The predicted octanol–water partition coefficient (Wildman–Crippen LogP) is 4.51. The number of nitrogens with one attached hydrogen (secondary N) is 1. The Bertz CT molecular complexity index is 1410. The van der Waals surface area contributed by atoms with E-state index in [-0.39, 0.29) is 10.7 Å². The summed E-state index contributed by atoms with van der Waals surface area (Å²) in [5, 5.41) is 9.59. The number of para-hydroxylation sites is 1. The van der Waals surface area contributed by atoms with Crippen molar-refractivity contribution in [1.82, 2.24) is 5.01 Å². The lowest BCUT2D eigenvalue weighted by Crippen LogP contribution is -2.46. The predicted molar refractivity (Wildman–Crippen MR) is 133 cm³/mol. The Morgan fingerprint density at radius 3 is 2.37 bits per heavy atom. The van der Waals surface area contributed by atoms with Crippen molar-refractivity contribution in [3.05, 3.63) is 94.0 Å². The van der Waals surface area contributed by atoms with Crippen LogP contribution in [0.3, 0.4) is 0 Å². The van der Waals surface area contributed by atoms with E-state index in [0.29, 0.717) is 10.7 Å². The molecule has 0 aliphatic carbocycles. The first-order valence-electron chi connectivity index (χ1n) is 11.1. The molecule has 4 atom stereocenters. The molecule has 0 radical (unpaired) electrons. The monoisotopic (exact) mass is 504 g/mol. The lowest BCUT2D eigenvalue weighted by molar-refractivity contribution is -0.129. The third-order valence-corrected chi connectivity index (χ3v) is 7.29. The minimum atomic E-state index is -0.984. The van der Waals surface area contributed by atoms with Crippen LogP contribution in [-0.2, 0) is 14.4 Å². The van der Waals surface area contributed by atoms with Gasteiger partial charge in [-0.25, -0.2) is 4.90 Å². The van der Waals surface area contributed by atoms with Crippen LogP contribution in [0.1, 0.15) is 17.2 Å². The van der Waals surface area contributed by atoms with Crippen LogP contribution in [0.5, 0.6) is 0 Å². The number of anilines is 2. The molecule has 3 heterocycles. The molecule has 3 aromatic rings. The van der Waals surface area contributed by atoms with Gasteiger partial charge in [0, 0.05) is 10.7 Å². The molecule has 7 nitrogen and oxygen atoms in total. The number of carbonyl (C=O) groups is 3. The number of hydrogen-bond donors (Lipinski definition) is 1. The van der Waals surface area contributed by atoms with E-state index in [1.807, 2.05) is 30.3 Å². The molecule has 174 valence electrons. The Labute approximate surface area is 210 Å². The van der Waals surface area contributed by atoms with Crippen LogP contribution in [0, 0.1) is 11.8 Å². The molecule has 0 aromatic heterocycles. The molecule has 1 N–H and O–H groups in total. The summed E-state index contributed by atoms with van der Waals surface area (Å²) < 4.78 is 0. The van der Waals surface area contributed by atoms with E-state index in [2.05, 4.69) is 10.4 Å². The summed E-state index contributed by atoms with van der Waals surface area (Å²) in [6.45, 7) is 0. The molecule has 3 amide bonds. The first-order valence-corrected chi connectivity index (χ1v) is 11.8. The zero-order chi connectivity index (χ0) is 24.3. The highest BCUT2D eigenvalue weighted by Crippen LogP contribution is 2.53. The van der Waals surface area contributed by atoms with Crippen LogP contribution < -0.4 is 10.2 Å². The maximum absolute atomic E-state index is 13.8. The zero-order valence-electron chi connectivity index (χ0n) is 18.1. The Balaban J connectivity index is 1.46. The molecule has 3 aliphatic rings. The Kier molecular flexibility index (Phi) is 5.12. The molecular formula is C26H18Cl2N4O3. The van der Waals surface area contributed by atoms with Gasteiger partial charge in [0.1, 0.15) is 6.04 Å². The number of hydrazone groups is 1. The largest absolute Gasteiger partial charge is 0.324 e. The van der Waals surface area contributed by atoms with E-state index in [0.717, 1.165) is 16.0 Å². The van der Waals surface area contributed by atoms with Crippen molar-refractivity contribution in [3.63, 3.8) is 0 Å². The Morgan fingerprint density at radius 2 is 1.60 bits per heavy atom. The number of carbonyl (C=O) groups excluding carboxylic acids is 3. The second-order valence-electron chi connectivity index (χ2n) is 8.66. The highest BCUT2D eigenvalue weighted by Gasteiger charge is 2.65. The van der Waals surface area contributed by atoms with Crippen LogP contribution in [0.4, 0.5) is 11.4 Å². The highest BCUT2D eigenvalue weighted by molar-refractivity contribution is 6.38. The van der Waals surface area contributed by atoms with Crippen LogP contribution >= 0.6 is 23.2 Å². The normalized spacial score (nSPS) is 24.3. The topological polar surface area (TPSA) is 82.1 Å². The number of benzene rings is 3. The van der Waals surface area contributed by atoms with Crippen molar-refractivity contribution in [1.29, 1.82) is 0 Å². The summed E-state index contributed by atoms with van der Waals surface area (Å²) in [7, 11) is 0. The molecule has 0 spiro atoms. The average Bonchev–Trinajstić information content (AvgIpc) is 3.33. The molecule has 0 unspecified atom stereocenters. The molecule has 3 aromatic carbocycles. The summed E-state index contributed by atoms with van der Waals surface area (Å²) >= 11 is 12.4. The first-order chi connectivity index (χ1) is 17.0. The SMILES string of the molecule is O=C(Nc1ccccc1)[C@H]1[C@H]2C(=O)N(c3ccc(Cl)cc3Cl)C(=O)[C@H]2[C@H]2c3ccccc3C=NN21. The van der Waals surface area contributed by atoms with Crippen LogP contribution in [-0.4, -0.2) is 35.0 Å². The molecule has 0 saturated carbocycles. The van der Waals surface area contributed by atoms with Gasteiger partial charge >= 0.3 is 0 Å². The molecule has 9 heteroatoms. The van der Waals surface area contributed by atoms with Crippen LogP contribution in [0.15, 0.2) is 77.9 Å². The van der Waals surface area contributed by atoms with Gasteiger partial charge in [-0.05, 0) is 41.5 Å². The smallest absolute Gasteiger partial charge is 0.249 e. The quantitative estimate of drug-likeness (QED) is 0.532. The van der Waals surface area contributed by atoms with E-state index in [4.69, 9.17) is 23.2 Å². The fourth-order valence-electron chi connectivity index (χ4n) is 5.31. The Morgan fingerprint density at radius 1 is 0.886 bits per heavy atom. The summed E-state index contributed by atoms with van der Waals surface area (Å²) in [4.78, 5) is 42.3. The van der Waals surface area contributed by atoms with Crippen LogP contribution in [0.2, 0.25) is 10.0 Å². The third-order valence-electron chi connectivity index (χ3n) is 6.75. The standard InChI is InChI=1S/C26H18Cl2N4O3/c27-15-10-11-19(18(28)12-15)31-25(34)20-21(26(31)35)23(24(33)30-16-7-2-1-3-8-16)32-22(20)17-9-5-4-6-14(17)13-29-32/h1-13,20-23H,(H,30,33)/t20-,21+,22-,23-/m1/s1. The van der Waals surface area contributed by atoms with Gasteiger partial charge in [-0.3, -0.25) is 19.4 Å². The van der Waals surface area contributed by atoms with Crippen molar-refractivity contribution < 1.29 is 14.4 Å². The van der Waals surface area contributed by atoms with Crippen molar-refractivity contribution in [3.8, 4) is 0 Å². The van der Waals surface area contributed by atoms with Crippen molar-refractivity contribution in [2.45, 2.75) is 12.1 Å². The number of hydrogen-bond acceptors (Lipinski definition) is 5. The number of imide groups is 1. The van der Waals surface area contributed by atoms with Gasteiger partial charge in [0.15, 0.2) is 0 Å². The maximum Gasteiger partial charge on any atom is 0.249 e. The van der Waals surface area contributed by atoms with Gasteiger partial charge in [-0.1, -0.05) is 65.7 Å². The molecular weight excluding hydrogens is 487 g/mol. The maximum atomic E-state index is 13.8. The van der Waals surface area contributed by atoms with E-state index in [1.54, 1.807) is 47.6 Å².